The lowest BCUT2D eigenvalue weighted by molar-refractivity contribution is 0.677. The molecule has 0 saturated heterocycles. The third-order valence-electron chi connectivity index (χ3n) is 0.940. The lowest BCUT2D eigenvalue weighted by Gasteiger charge is -1.95. The van der Waals surface area contributed by atoms with E-state index < -0.39 is 0 Å². The van der Waals surface area contributed by atoms with Crippen LogP contribution in [-0.2, 0) is 6.54 Å². The minimum atomic E-state index is 0.279. The Morgan fingerprint density at radius 3 is 3.00 bits per heavy atom. The summed E-state index contributed by atoms with van der Waals surface area (Å²) in [5.41, 5.74) is 1.03. The molecule has 4 heteroatoms. The summed E-state index contributed by atoms with van der Waals surface area (Å²) in [5.74, 6) is 0. The molecule has 0 atom stereocenters. The molecule has 10 heavy (non-hydrogen) atoms. The maximum absolute atomic E-state index is 5.47. The minimum Gasteiger partial charge on any atom is -0.247 e. The van der Waals surface area contributed by atoms with Crippen molar-refractivity contribution in [2.75, 3.05) is 0 Å². The van der Waals surface area contributed by atoms with Gasteiger partial charge in [-0.25, -0.2) is 9.67 Å². The summed E-state index contributed by atoms with van der Waals surface area (Å²) in [7, 11) is 0. The molecular formula is C6H8ClN3. The van der Waals surface area contributed by atoms with Gasteiger partial charge in [0.25, 0.3) is 0 Å². The molecule has 54 valence electrons. The predicted octanol–water partition coefficient (Wildman–Crippen LogP) is 1.51. The molecule has 1 aromatic rings. The molecule has 0 radical (unpaired) electrons. The van der Waals surface area contributed by atoms with Gasteiger partial charge in [0, 0.05) is 0 Å². The van der Waals surface area contributed by atoms with Crippen LogP contribution in [0, 0.1) is 0 Å². The molecule has 0 unspecified atom stereocenters. The zero-order valence-electron chi connectivity index (χ0n) is 5.71. The Labute approximate surface area is 64.3 Å². The highest BCUT2D eigenvalue weighted by Crippen LogP contribution is 1.98. The molecule has 0 aliphatic rings. The minimum absolute atomic E-state index is 0.279. The van der Waals surface area contributed by atoms with E-state index in [1.165, 1.54) is 0 Å². The molecule has 0 spiro atoms. The number of nitrogens with zero attached hydrogens (tertiary/aromatic N) is 3. The molecule has 0 aromatic carbocycles. The number of halogens is 1. The molecule has 0 amide bonds. The lowest BCUT2D eigenvalue weighted by Crippen LogP contribution is -1.98. The van der Waals surface area contributed by atoms with Crippen molar-refractivity contribution in [3.63, 3.8) is 0 Å². The summed E-state index contributed by atoms with van der Waals surface area (Å²) >= 11 is 5.47. The van der Waals surface area contributed by atoms with E-state index in [1.807, 2.05) is 6.92 Å². The van der Waals surface area contributed by atoms with Gasteiger partial charge < -0.3 is 0 Å². The fourth-order valence-electron chi connectivity index (χ4n) is 0.625. The van der Waals surface area contributed by atoms with E-state index in [4.69, 9.17) is 11.6 Å². The van der Waals surface area contributed by atoms with Gasteiger partial charge >= 0.3 is 0 Å². The normalized spacial score (nSPS) is 9.80. The zero-order chi connectivity index (χ0) is 7.56. The summed E-state index contributed by atoms with van der Waals surface area (Å²) in [6, 6.07) is 0. The van der Waals surface area contributed by atoms with Crippen molar-refractivity contribution in [1.82, 2.24) is 14.8 Å². The maximum atomic E-state index is 5.47. The van der Waals surface area contributed by atoms with Crippen molar-refractivity contribution >= 4 is 11.6 Å². The number of rotatable bonds is 2. The van der Waals surface area contributed by atoms with E-state index in [9.17, 15) is 0 Å². The van der Waals surface area contributed by atoms with E-state index in [1.54, 1.807) is 11.0 Å². The summed E-state index contributed by atoms with van der Waals surface area (Å²) in [6.45, 7) is 6.33. The third kappa shape index (κ3) is 1.84. The predicted molar refractivity (Wildman–Crippen MR) is 39.8 cm³/mol. The Bertz CT molecular complexity index is 241. The van der Waals surface area contributed by atoms with Crippen LogP contribution in [0.15, 0.2) is 18.5 Å². The van der Waals surface area contributed by atoms with E-state index in [0.717, 1.165) is 5.57 Å². The second-order valence-corrected chi connectivity index (χ2v) is 2.51. The number of aromatic nitrogens is 3. The van der Waals surface area contributed by atoms with E-state index in [-0.39, 0.29) is 5.28 Å². The van der Waals surface area contributed by atoms with Crippen LogP contribution < -0.4 is 0 Å². The number of hydrogen-bond donors (Lipinski definition) is 0. The molecular weight excluding hydrogens is 150 g/mol. The Balaban J connectivity index is 2.67. The zero-order valence-corrected chi connectivity index (χ0v) is 6.47. The van der Waals surface area contributed by atoms with Crippen molar-refractivity contribution in [2.45, 2.75) is 13.5 Å². The summed E-state index contributed by atoms with van der Waals surface area (Å²) in [5, 5.41) is 4.14. The van der Waals surface area contributed by atoms with Crippen molar-refractivity contribution in [3.8, 4) is 0 Å². The Kier molecular flexibility index (Phi) is 2.06. The highest BCUT2D eigenvalue weighted by atomic mass is 35.5. The van der Waals surface area contributed by atoms with Crippen molar-refractivity contribution in [3.05, 3.63) is 23.8 Å². The van der Waals surface area contributed by atoms with E-state index in [2.05, 4.69) is 16.7 Å². The van der Waals surface area contributed by atoms with Crippen LogP contribution in [0.2, 0.25) is 5.28 Å². The molecule has 3 nitrogen and oxygen atoms in total. The Morgan fingerprint density at radius 2 is 2.60 bits per heavy atom. The van der Waals surface area contributed by atoms with Crippen LogP contribution in [0.3, 0.4) is 0 Å². The largest absolute Gasteiger partial charge is 0.247 e. The molecule has 0 aliphatic carbocycles. The van der Waals surface area contributed by atoms with Crippen LogP contribution in [0.25, 0.3) is 0 Å². The fraction of sp³-hybridized carbons (Fsp3) is 0.333. The first-order valence-corrected chi connectivity index (χ1v) is 3.25. The molecule has 1 aromatic heterocycles. The monoisotopic (exact) mass is 157 g/mol. The van der Waals surface area contributed by atoms with Crippen molar-refractivity contribution in [1.29, 1.82) is 0 Å². The van der Waals surface area contributed by atoms with Crippen LogP contribution in [0.1, 0.15) is 6.92 Å². The van der Waals surface area contributed by atoms with Crippen molar-refractivity contribution < 1.29 is 0 Å². The second kappa shape index (κ2) is 2.84. The number of hydrogen-bond acceptors (Lipinski definition) is 2. The van der Waals surface area contributed by atoms with Gasteiger partial charge in [-0.15, -0.1) is 5.10 Å². The Morgan fingerprint density at radius 1 is 1.90 bits per heavy atom. The smallest absolute Gasteiger partial charge is 0.242 e. The molecule has 1 heterocycles. The first kappa shape index (κ1) is 7.28. The SMILES string of the molecule is C=C(C)Cn1cnc(Cl)n1. The highest BCUT2D eigenvalue weighted by molar-refractivity contribution is 6.28. The molecule has 1 rings (SSSR count). The second-order valence-electron chi connectivity index (χ2n) is 2.17. The standard InChI is InChI=1S/C6H8ClN3/c1-5(2)3-10-4-8-6(7)9-10/h4H,1,3H2,2H3. The third-order valence-corrected chi connectivity index (χ3v) is 1.11. The average Bonchev–Trinajstić information content (AvgIpc) is 2.13. The topological polar surface area (TPSA) is 30.7 Å². The Hall–Kier alpha value is -0.830. The lowest BCUT2D eigenvalue weighted by atomic mass is 10.4. The van der Waals surface area contributed by atoms with Crippen LogP contribution >= 0.6 is 11.6 Å². The average molecular weight is 158 g/mol. The van der Waals surface area contributed by atoms with E-state index >= 15 is 0 Å². The highest BCUT2D eigenvalue weighted by Gasteiger charge is 1.94. The molecule has 0 aliphatic heterocycles. The molecule has 0 saturated carbocycles. The van der Waals surface area contributed by atoms with Gasteiger partial charge in [-0.3, -0.25) is 0 Å². The summed E-state index contributed by atoms with van der Waals surface area (Å²) in [4.78, 5) is 3.75. The molecule has 0 N–H and O–H groups in total. The summed E-state index contributed by atoms with van der Waals surface area (Å²) in [6.07, 6.45) is 1.58. The van der Waals surface area contributed by atoms with Crippen molar-refractivity contribution in [2.24, 2.45) is 0 Å². The van der Waals surface area contributed by atoms with Gasteiger partial charge in [0.15, 0.2) is 0 Å². The van der Waals surface area contributed by atoms with Crippen LogP contribution in [0.5, 0.6) is 0 Å². The fourth-order valence-corrected chi connectivity index (χ4v) is 0.765. The van der Waals surface area contributed by atoms with Gasteiger partial charge in [-0.1, -0.05) is 12.2 Å². The number of allylic oxidation sites excluding steroid dienone is 1. The van der Waals surface area contributed by atoms with Crippen LogP contribution in [-0.4, -0.2) is 14.8 Å². The maximum Gasteiger partial charge on any atom is 0.242 e. The van der Waals surface area contributed by atoms with Gasteiger partial charge in [-0.05, 0) is 18.5 Å². The summed E-state index contributed by atoms with van der Waals surface area (Å²) < 4.78 is 1.64. The van der Waals surface area contributed by atoms with Gasteiger partial charge in [0.05, 0.1) is 6.54 Å². The first-order chi connectivity index (χ1) is 4.68. The van der Waals surface area contributed by atoms with E-state index in [0.29, 0.717) is 6.54 Å². The molecule has 0 bridgehead atoms. The van der Waals surface area contributed by atoms with Crippen LogP contribution in [0.4, 0.5) is 0 Å². The van der Waals surface area contributed by atoms with Gasteiger partial charge in [0.1, 0.15) is 6.33 Å². The quantitative estimate of drug-likeness (QED) is 0.610. The van der Waals surface area contributed by atoms with Gasteiger partial charge in [0.2, 0.25) is 5.28 Å². The van der Waals surface area contributed by atoms with Gasteiger partial charge in [-0.2, -0.15) is 0 Å². The molecule has 0 fully saturated rings. The first-order valence-electron chi connectivity index (χ1n) is 2.88.